The summed E-state index contributed by atoms with van der Waals surface area (Å²) in [6.07, 6.45) is 30.6. The molecule has 0 radical (unpaired) electrons. The lowest BCUT2D eigenvalue weighted by Crippen LogP contribution is -2.03. The Morgan fingerprint density at radius 1 is 0.652 bits per heavy atom. The largest absolute Gasteiger partial charge is 0.396 e. The number of hydrogen-bond acceptors (Lipinski definition) is 1. The maximum absolute atomic E-state index is 9.10. The Morgan fingerprint density at radius 3 is 1.48 bits per heavy atom. The van der Waals surface area contributed by atoms with Gasteiger partial charge >= 0.3 is 0 Å². The van der Waals surface area contributed by atoms with E-state index < -0.39 is 0 Å². The Morgan fingerprint density at radius 2 is 1.09 bits per heavy atom. The zero-order valence-corrected chi connectivity index (χ0v) is 15.2. The van der Waals surface area contributed by atoms with Crippen LogP contribution < -0.4 is 0 Å². The molecule has 1 heteroatoms. The summed E-state index contributed by atoms with van der Waals surface area (Å²) >= 11 is 0. The van der Waals surface area contributed by atoms with Gasteiger partial charge in [0, 0.05) is 6.61 Å². The molecule has 0 bridgehead atoms. The third-order valence-electron chi connectivity index (χ3n) is 3.73. The highest BCUT2D eigenvalue weighted by atomic mass is 16.3. The summed E-state index contributed by atoms with van der Waals surface area (Å²) in [5.41, 5.74) is 0. The molecular formula is C22H36O. The highest BCUT2D eigenvalue weighted by Crippen LogP contribution is 2.10. The molecule has 0 amide bonds. The summed E-state index contributed by atoms with van der Waals surface area (Å²) in [5.74, 6) is 0.469. The van der Waals surface area contributed by atoms with Crippen LogP contribution in [-0.2, 0) is 0 Å². The normalized spacial score (nSPS) is 14.4. The van der Waals surface area contributed by atoms with Gasteiger partial charge in [-0.15, -0.1) is 0 Å². The average Bonchev–Trinajstić information content (AvgIpc) is 2.58. The zero-order valence-electron chi connectivity index (χ0n) is 15.2. The van der Waals surface area contributed by atoms with Crippen LogP contribution >= 0.6 is 0 Å². The molecule has 0 aliphatic heterocycles. The van der Waals surface area contributed by atoms with Crippen molar-refractivity contribution in [1.82, 2.24) is 0 Å². The molecule has 0 rings (SSSR count). The van der Waals surface area contributed by atoms with Crippen LogP contribution in [0.5, 0.6) is 0 Å². The van der Waals surface area contributed by atoms with Gasteiger partial charge in [0.25, 0.3) is 0 Å². The van der Waals surface area contributed by atoms with Crippen molar-refractivity contribution < 1.29 is 5.11 Å². The van der Waals surface area contributed by atoms with Gasteiger partial charge in [0.15, 0.2) is 0 Å². The lowest BCUT2D eigenvalue weighted by Gasteiger charge is -2.08. The first-order chi connectivity index (χ1) is 11.3. The van der Waals surface area contributed by atoms with Gasteiger partial charge in [-0.3, -0.25) is 0 Å². The average molecular weight is 317 g/mol. The van der Waals surface area contributed by atoms with Crippen LogP contribution in [0.3, 0.4) is 0 Å². The van der Waals surface area contributed by atoms with Crippen molar-refractivity contribution in [2.24, 2.45) is 5.92 Å². The van der Waals surface area contributed by atoms with Gasteiger partial charge in [-0.1, -0.05) is 81.0 Å². The Labute approximate surface area is 144 Å². The van der Waals surface area contributed by atoms with E-state index in [0.29, 0.717) is 12.5 Å². The van der Waals surface area contributed by atoms with E-state index in [9.17, 15) is 0 Å². The molecule has 0 saturated carbocycles. The van der Waals surface area contributed by atoms with Crippen molar-refractivity contribution >= 4 is 0 Å². The van der Waals surface area contributed by atoms with E-state index in [1.54, 1.807) is 0 Å². The van der Waals surface area contributed by atoms with Gasteiger partial charge in [-0.25, -0.2) is 0 Å². The standard InChI is InChI=1S/C22H36O/c1-3-5-6-7-8-9-10-11-12-13-14-15-16-17-18-19-20-22(4-2)21-23/h5-6,8-9,11-12,14-15,17-18,22-23H,3-4,7,10,13,16,19-21H2,1-2H3/b6-5-,9-8-,12-11-,15-14-,18-17+. The molecule has 1 nitrogen and oxygen atoms in total. The molecule has 1 unspecified atom stereocenters. The fourth-order valence-electron chi connectivity index (χ4n) is 2.13. The minimum Gasteiger partial charge on any atom is -0.396 e. The molecule has 0 heterocycles. The number of aliphatic hydroxyl groups is 1. The molecule has 0 aliphatic carbocycles. The van der Waals surface area contributed by atoms with E-state index in [4.69, 9.17) is 5.11 Å². The van der Waals surface area contributed by atoms with Crippen molar-refractivity contribution in [2.45, 2.75) is 65.2 Å². The summed E-state index contributed by atoms with van der Waals surface area (Å²) in [6.45, 7) is 4.62. The zero-order chi connectivity index (χ0) is 17.0. The van der Waals surface area contributed by atoms with Gasteiger partial charge in [0.1, 0.15) is 0 Å². The Hall–Kier alpha value is -1.34. The summed E-state index contributed by atoms with van der Waals surface area (Å²) in [5, 5.41) is 9.10. The van der Waals surface area contributed by atoms with Crippen molar-refractivity contribution in [3.8, 4) is 0 Å². The molecule has 0 saturated heterocycles. The van der Waals surface area contributed by atoms with Gasteiger partial charge in [-0.05, 0) is 50.9 Å². The predicted octanol–water partition coefficient (Wildman–Crippen LogP) is 6.54. The second kappa shape index (κ2) is 18.7. The van der Waals surface area contributed by atoms with Gasteiger partial charge in [0.2, 0.25) is 0 Å². The van der Waals surface area contributed by atoms with Gasteiger partial charge < -0.3 is 5.11 Å². The lowest BCUT2D eigenvalue weighted by molar-refractivity contribution is 0.215. The summed E-state index contributed by atoms with van der Waals surface area (Å²) in [6, 6.07) is 0. The third kappa shape index (κ3) is 16.9. The molecule has 0 spiro atoms. The van der Waals surface area contributed by atoms with Crippen molar-refractivity contribution in [3.63, 3.8) is 0 Å². The first-order valence-corrected chi connectivity index (χ1v) is 9.20. The molecule has 0 aliphatic rings. The van der Waals surface area contributed by atoms with Crippen molar-refractivity contribution in [2.75, 3.05) is 6.61 Å². The monoisotopic (exact) mass is 316 g/mol. The summed E-state index contributed by atoms with van der Waals surface area (Å²) < 4.78 is 0. The second-order valence-corrected chi connectivity index (χ2v) is 5.74. The first kappa shape index (κ1) is 21.7. The summed E-state index contributed by atoms with van der Waals surface area (Å²) in [4.78, 5) is 0. The Balaban J connectivity index is 3.52. The van der Waals surface area contributed by atoms with E-state index in [1.807, 2.05) is 0 Å². The molecule has 0 fully saturated rings. The van der Waals surface area contributed by atoms with E-state index in [-0.39, 0.29) is 0 Å². The first-order valence-electron chi connectivity index (χ1n) is 9.20. The summed E-state index contributed by atoms with van der Waals surface area (Å²) in [7, 11) is 0. The molecule has 0 aromatic carbocycles. The smallest absolute Gasteiger partial charge is 0.0459 e. The minimum atomic E-state index is 0.321. The Bertz CT molecular complexity index is 367. The van der Waals surface area contributed by atoms with Crippen LogP contribution in [0.4, 0.5) is 0 Å². The van der Waals surface area contributed by atoms with Crippen LogP contribution in [-0.4, -0.2) is 11.7 Å². The quantitative estimate of drug-likeness (QED) is 0.361. The van der Waals surface area contributed by atoms with Gasteiger partial charge in [0.05, 0.1) is 0 Å². The number of rotatable bonds is 14. The third-order valence-corrected chi connectivity index (χ3v) is 3.73. The Kier molecular flexibility index (Phi) is 17.6. The maximum Gasteiger partial charge on any atom is 0.0459 e. The SMILES string of the molecule is CC/C=C\C/C=C\C/C=C\C/C=C\C/C=C/CCC(CC)CO. The van der Waals surface area contributed by atoms with Crippen LogP contribution in [0, 0.1) is 5.92 Å². The molecule has 23 heavy (non-hydrogen) atoms. The fourth-order valence-corrected chi connectivity index (χ4v) is 2.13. The maximum atomic E-state index is 9.10. The second-order valence-electron chi connectivity index (χ2n) is 5.74. The van der Waals surface area contributed by atoms with Gasteiger partial charge in [-0.2, -0.15) is 0 Å². The molecule has 0 aromatic rings. The lowest BCUT2D eigenvalue weighted by atomic mass is 10.0. The minimum absolute atomic E-state index is 0.321. The molecule has 130 valence electrons. The van der Waals surface area contributed by atoms with Crippen molar-refractivity contribution in [1.29, 1.82) is 0 Å². The van der Waals surface area contributed by atoms with Crippen LogP contribution in [0.15, 0.2) is 60.8 Å². The van der Waals surface area contributed by atoms with E-state index in [1.165, 1.54) is 0 Å². The molecular weight excluding hydrogens is 280 g/mol. The predicted molar refractivity (Wildman–Crippen MR) is 105 cm³/mol. The van der Waals surface area contributed by atoms with Crippen LogP contribution in [0.2, 0.25) is 0 Å². The topological polar surface area (TPSA) is 20.2 Å². The fraction of sp³-hybridized carbons (Fsp3) is 0.545. The number of allylic oxidation sites excluding steroid dienone is 10. The highest BCUT2D eigenvalue weighted by Gasteiger charge is 2.01. The molecule has 1 atom stereocenters. The molecule has 1 N–H and O–H groups in total. The van der Waals surface area contributed by atoms with E-state index in [2.05, 4.69) is 74.6 Å². The van der Waals surface area contributed by atoms with Crippen LogP contribution in [0.25, 0.3) is 0 Å². The number of hydrogen-bond donors (Lipinski definition) is 1. The van der Waals surface area contributed by atoms with E-state index >= 15 is 0 Å². The van der Waals surface area contributed by atoms with E-state index in [0.717, 1.165) is 51.4 Å². The van der Waals surface area contributed by atoms with Crippen LogP contribution in [0.1, 0.15) is 65.2 Å². The van der Waals surface area contributed by atoms with Crippen molar-refractivity contribution in [3.05, 3.63) is 60.8 Å². The molecule has 0 aromatic heterocycles. The highest BCUT2D eigenvalue weighted by molar-refractivity contribution is 5.00. The number of aliphatic hydroxyl groups excluding tert-OH is 1.